The number of imidazole rings is 4. The number of carbonyl (C=O) groups excluding carboxylic acids is 3. The number of likely N-dealkylation sites (tertiary alicyclic amines) is 2. The number of carbonyl (C=O) groups is 3. The van der Waals surface area contributed by atoms with Crippen LogP contribution in [-0.2, 0) is 35.5 Å². The third-order valence-corrected chi connectivity index (χ3v) is 15.2. The lowest BCUT2D eigenvalue weighted by molar-refractivity contribution is -0.125. The quantitative estimate of drug-likeness (QED) is 0.0525. The minimum Gasteiger partial charge on any atom is -0.391 e. The minimum atomic E-state index is -0.796. The fourth-order valence-corrected chi connectivity index (χ4v) is 11.0. The van der Waals surface area contributed by atoms with Gasteiger partial charge in [-0.2, -0.15) is 19.9 Å². The summed E-state index contributed by atoms with van der Waals surface area (Å²) < 4.78 is 8.09. The first kappa shape index (κ1) is 51.3. The lowest BCUT2D eigenvalue weighted by atomic mass is 10.0. The molecule has 75 heavy (non-hydrogen) atoms. The van der Waals surface area contributed by atoms with Gasteiger partial charge in [0.1, 0.15) is 13.2 Å². The number of anilines is 4. The minimum absolute atomic E-state index is 0.0129. The van der Waals surface area contributed by atoms with Crippen LogP contribution in [0.2, 0.25) is 0 Å². The van der Waals surface area contributed by atoms with Crippen LogP contribution in [0.3, 0.4) is 0 Å². The van der Waals surface area contributed by atoms with Crippen LogP contribution in [0.5, 0.6) is 0 Å². The van der Waals surface area contributed by atoms with Gasteiger partial charge in [-0.05, 0) is 71.6 Å². The van der Waals surface area contributed by atoms with Gasteiger partial charge in [-0.25, -0.2) is 24.7 Å². The molecule has 0 spiro atoms. The van der Waals surface area contributed by atoms with Crippen LogP contribution in [-0.4, -0.2) is 184 Å². The number of nitrogens with zero attached hydrogens (tertiary/aromatic N) is 14. The van der Waals surface area contributed by atoms with E-state index in [-0.39, 0.29) is 42.1 Å². The molecule has 9 N–H and O–H groups in total. The van der Waals surface area contributed by atoms with Crippen LogP contribution < -0.4 is 31.9 Å². The number of fused-ring (bicyclic) bond motifs is 2. The van der Waals surface area contributed by atoms with Gasteiger partial charge in [-0.1, -0.05) is 0 Å². The molecule has 6 aromatic rings. The third kappa shape index (κ3) is 11.9. The number of amides is 4. The molecule has 6 aromatic heterocycles. The summed E-state index contributed by atoms with van der Waals surface area (Å²) in [7, 11) is 0. The number of nitrogens with one attached hydrogen (secondary N) is 6. The van der Waals surface area contributed by atoms with Crippen molar-refractivity contribution in [1.82, 2.24) is 78.6 Å². The van der Waals surface area contributed by atoms with E-state index in [1.54, 1.807) is 12.7 Å². The van der Waals surface area contributed by atoms with E-state index in [9.17, 15) is 29.7 Å². The highest BCUT2D eigenvalue weighted by Crippen LogP contribution is 2.36. The van der Waals surface area contributed by atoms with Crippen LogP contribution in [0.1, 0.15) is 95.1 Å². The van der Waals surface area contributed by atoms with Gasteiger partial charge >= 0.3 is 6.03 Å². The number of piperidine rings is 2. The van der Waals surface area contributed by atoms with E-state index in [0.29, 0.717) is 130 Å². The Morgan fingerprint density at radius 1 is 0.587 bits per heavy atom. The predicted octanol–water partition coefficient (Wildman–Crippen LogP) is 1.66. The second-order valence-corrected chi connectivity index (χ2v) is 20.2. The van der Waals surface area contributed by atoms with E-state index in [1.807, 2.05) is 48.5 Å². The highest BCUT2D eigenvalue weighted by Gasteiger charge is 2.37. The molecule has 2 aliphatic carbocycles. The summed E-state index contributed by atoms with van der Waals surface area (Å²) in [6, 6.07) is -0.611. The summed E-state index contributed by atoms with van der Waals surface area (Å²) in [5, 5.41) is 49.2. The highest BCUT2D eigenvalue weighted by molar-refractivity contribution is 5.86. The highest BCUT2D eigenvalue weighted by atomic mass is 16.3. The van der Waals surface area contributed by atoms with Crippen molar-refractivity contribution in [3.63, 3.8) is 0 Å². The largest absolute Gasteiger partial charge is 0.391 e. The molecule has 0 unspecified atom stereocenters. The molecule has 2 saturated heterocycles. The number of urea groups is 1. The molecule has 402 valence electrons. The van der Waals surface area contributed by atoms with E-state index < -0.39 is 31.3 Å². The lowest BCUT2D eigenvalue weighted by Crippen LogP contribution is -2.51. The van der Waals surface area contributed by atoms with Crippen molar-refractivity contribution < 1.29 is 29.7 Å². The number of rotatable bonds is 20. The maximum atomic E-state index is 14.1. The molecule has 4 fully saturated rings. The standard InChI is InChI=1S/C49H70N20O6/c1-3-64-22-33(52-26-64)7-13-50-47-60-43(41-45(62-47)68(28-54-41)35-6-5-32(19-35)56-39(73)24-70)57-30-9-15-66(16-10-30)49(75)67-17-11-31(12-18-67)58-44-42-46(63-48(61-44)51-14-8-34-23-65(4-2)27-53-34)69(29-55-42)36-20-37(38(72)21-36)59-40(74)25-71/h22-23,26-32,35-38,70-72H,3-21,24-25H2,1-2H3,(H,56,73)(H,59,74)(H2,50,57,60,62)(H2,51,58,61,63)/t32-,35+,36-,37+,38+/m1/s1. The first-order valence-electron chi connectivity index (χ1n) is 26.6. The number of aromatic nitrogens is 12. The summed E-state index contributed by atoms with van der Waals surface area (Å²) in [6.07, 6.45) is 17.8. The van der Waals surface area contributed by atoms with Gasteiger partial charge < -0.3 is 75.3 Å². The van der Waals surface area contributed by atoms with Gasteiger partial charge in [0.25, 0.3) is 0 Å². The van der Waals surface area contributed by atoms with Crippen molar-refractivity contribution in [2.45, 2.75) is 140 Å². The van der Waals surface area contributed by atoms with E-state index in [0.717, 1.165) is 50.2 Å². The second kappa shape index (κ2) is 23.1. The molecule has 0 aromatic carbocycles. The maximum absolute atomic E-state index is 14.1. The molecule has 26 nitrogen and oxygen atoms in total. The Morgan fingerprint density at radius 3 is 1.59 bits per heavy atom. The van der Waals surface area contributed by atoms with Gasteiger partial charge in [0.2, 0.25) is 23.7 Å². The van der Waals surface area contributed by atoms with Gasteiger partial charge in [-0.3, -0.25) is 9.59 Å². The number of aliphatic hydroxyl groups excluding tert-OH is 3. The normalized spacial score (nSPS) is 21.5. The SMILES string of the molecule is CCn1cnc(CCNc2nc(NC3CCN(C(=O)N4CCC(Nc5nc(NCCc6cn(CC)cn6)nc6c5ncn6[C@H]5CC[C@@H](NC(=O)CO)C5)CC4)CC3)c3ncn([C@@H]4C[C@H](NC(=O)CO)[C@@H](O)C4)c3n2)c1. The molecule has 0 radical (unpaired) electrons. The second-order valence-electron chi connectivity index (χ2n) is 20.2. The van der Waals surface area contributed by atoms with Gasteiger partial charge in [-0.15, -0.1) is 0 Å². The third-order valence-electron chi connectivity index (χ3n) is 15.2. The molecular weight excluding hydrogens is 965 g/mol. The maximum Gasteiger partial charge on any atom is 0.320 e. The van der Waals surface area contributed by atoms with Crippen molar-refractivity contribution in [3.05, 3.63) is 49.1 Å². The van der Waals surface area contributed by atoms with Crippen molar-refractivity contribution in [3.8, 4) is 0 Å². The number of hydrogen-bond acceptors (Lipinski definition) is 18. The first-order valence-corrected chi connectivity index (χ1v) is 26.6. The zero-order chi connectivity index (χ0) is 52.0. The molecule has 2 saturated carbocycles. The van der Waals surface area contributed by atoms with Crippen LogP contribution in [0.4, 0.5) is 28.3 Å². The van der Waals surface area contributed by atoms with E-state index >= 15 is 0 Å². The fraction of sp³-hybridized carbons (Fsp3) is 0.612. The van der Waals surface area contributed by atoms with Crippen LogP contribution in [0, 0.1) is 0 Å². The monoisotopic (exact) mass is 1030 g/mol. The summed E-state index contributed by atoms with van der Waals surface area (Å²) in [5.74, 6) is 1.19. The Morgan fingerprint density at radius 2 is 1.09 bits per heavy atom. The Kier molecular flexibility index (Phi) is 15.8. The lowest BCUT2D eigenvalue weighted by Gasteiger charge is -2.39. The molecule has 10 rings (SSSR count). The van der Waals surface area contributed by atoms with Gasteiger partial charge in [0.05, 0.1) is 48.8 Å². The topological polar surface area (TPSA) is 313 Å². The van der Waals surface area contributed by atoms with Crippen LogP contribution in [0.15, 0.2) is 37.7 Å². The average molecular weight is 1040 g/mol. The zero-order valence-electron chi connectivity index (χ0n) is 42.7. The van der Waals surface area contributed by atoms with E-state index in [2.05, 4.69) is 60.3 Å². The summed E-state index contributed by atoms with van der Waals surface area (Å²) in [6.45, 7) is 8.08. The molecule has 0 bridgehead atoms. The smallest absolute Gasteiger partial charge is 0.320 e. The molecule has 26 heteroatoms. The average Bonchev–Trinajstić information content (AvgIpc) is 4.32. The summed E-state index contributed by atoms with van der Waals surface area (Å²) in [5.41, 5.74) is 4.47. The zero-order valence-corrected chi connectivity index (χ0v) is 42.7. The van der Waals surface area contributed by atoms with Crippen molar-refractivity contribution in [2.75, 3.05) is 73.7 Å². The Balaban J connectivity index is 0.767. The molecular formula is C49H70N20O6. The van der Waals surface area contributed by atoms with Crippen LogP contribution in [0.25, 0.3) is 22.3 Å². The number of hydrogen-bond donors (Lipinski definition) is 9. The summed E-state index contributed by atoms with van der Waals surface area (Å²) >= 11 is 0. The van der Waals surface area contributed by atoms with Crippen molar-refractivity contribution in [2.24, 2.45) is 0 Å². The Hall–Kier alpha value is -7.19. The predicted molar refractivity (Wildman–Crippen MR) is 278 cm³/mol. The molecule has 8 heterocycles. The molecule has 2 aliphatic heterocycles. The van der Waals surface area contributed by atoms with Crippen LogP contribution >= 0.6 is 0 Å². The molecule has 4 amide bonds. The summed E-state index contributed by atoms with van der Waals surface area (Å²) in [4.78, 5) is 80.2. The van der Waals surface area contributed by atoms with E-state index in [1.165, 1.54) is 0 Å². The fourth-order valence-electron chi connectivity index (χ4n) is 11.0. The van der Waals surface area contributed by atoms with Crippen molar-refractivity contribution >= 4 is 63.7 Å². The molecule has 5 atom stereocenters. The first-order chi connectivity index (χ1) is 36.5. The number of aryl methyl sites for hydroxylation is 2. The van der Waals surface area contributed by atoms with E-state index in [4.69, 9.17) is 29.9 Å². The van der Waals surface area contributed by atoms with Gasteiger partial charge in [0.15, 0.2) is 34.0 Å². The molecule has 4 aliphatic rings. The number of aliphatic hydroxyl groups is 3. The van der Waals surface area contributed by atoms with Crippen molar-refractivity contribution in [1.29, 1.82) is 0 Å². The Bertz CT molecular complexity index is 2920. The Labute approximate surface area is 433 Å². The van der Waals surface area contributed by atoms with Gasteiger partial charge in [0, 0.05) is 108 Å².